The monoisotopic (exact) mass is 295 g/mol. The van der Waals surface area contributed by atoms with Gasteiger partial charge in [-0.15, -0.1) is 0 Å². The lowest BCUT2D eigenvalue weighted by molar-refractivity contribution is -0.137. The van der Waals surface area contributed by atoms with Gasteiger partial charge in [0.1, 0.15) is 0 Å². The Morgan fingerprint density at radius 2 is 1.73 bits per heavy atom. The third-order valence-electron chi connectivity index (χ3n) is 3.81. The van der Waals surface area contributed by atoms with E-state index in [1.165, 1.54) is 0 Å². The number of fused-ring (bicyclic) bond motifs is 3. The lowest BCUT2D eigenvalue weighted by Crippen LogP contribution is -2.17. The zero-order valence-corrected chi connectivity index (χ0v) is 12.6. The van der Waals surface area contributed by atoms with Crippen LogP contribution in [0.3, 0.4) is 0 Å². The van der Waals surface area contributed by atoms with Crippen LogP contribution < -0.4 is 0 Å². The van der Waals surface area contributed by atoms with Gasteiger partial charge >= 0.3 is 5.97 Å². The van der Waals surface area contributed by atoms with Gasteiger partial charge in [-0.05, 0) is 38.1 Å². The van der Waals surface area contributed by atoms with Gasteiger partial charge in [-0.2, -0.15) is 0 Å². The SMILES string of the molecule is CCOC(=O)C(=O)c1ccc2c(c1)c1ccccc1n2CC. The Labute approximate surface area is 128 Å². The van der Waals surface area contributed by atoms with Crippen LogP contribution in [0.25, 0.3) is 21.8 Å². The first kappa shape index (κ1) is 14.3. The molecule has 0 aliphatic carbocycles. The first-order valence-corrected chi connectivity index (χ1v) is 7.39. The first-order chi connectivity index (χ1) is 10.7. The number of Topliss-reactive ketones (excluding diaryl/α,β-unsaturated/α-hetero) is 1. The molecule has 1 aromatic heterocycles. The van der Waals surface area contributed by atoms with Gasteiger partial charge < -0.3 is 9.30 Å². The second-order valence-electron chi connectivity index (χ2n) is 5.04. The molecule has 2 aromatic carbocycles. The average molecular weight is 295 g/mol. The number of ketones is 1. The highest BCUT2D eigenvalue weighted by molar-refractivity contribution is 6.41. The Morgan fingerprint density at radius 3 is 2.45 bits per heavy atom. The number of para-hydroxylation sites is 1. The van der Waals surface area contributed by atoms with Gasteiger partial charge in [-0.25, -0.2) is 4.79 Å². The molecule has 4 nitrogen and oxygen atoms in total. The van der Waals surface area contributed by atoms with Crippen LogP contribution >= 0.6 is 0 Å². The summed E-state index contributed by atoms with van der Waals surface area (Å²) >= 11 is 0. The van der Waals surface area contributed by atoms with Crippen LogP contribution in [0, 0.1) is 0 Å². The third kappa shape index (κ3) is 2.17. The molecule has 0 amide bonds. The van der Waals surface area contributed by atoms with Crippen LogP contribution in [0.15, 0.2) is 42.5 Å². The van der Waals surface area contributed by atoms with Crippen LogP contribution in [0.2, 0.25) is 0 Å². The molecule has 0 spiro atoms. The molecule has 0 atom stereocenters. The summed E-state index contributed by atoms with van der Waals surface area (Å²) in [4.78, 5) is 23.7. The topological polar surface area (TPSA) is 48.3 Å². The van der Waals surface area contributed by atoms with E-state index in [9.17, 15) is 9.59 Å². The van der Waals surface area contributed by atoms with Crippen molar-refractivity contribution in [2.45, 2.75) is 20.4 Å². The molecule has 112 valence electrons. The van der Waals surface area contributed by atoms with E-state index in [2.05, 4.69) is 17.6 Å². The summed E-state index contributed by atoms with van der Waals surface area (Å²) in [6.07, 6.45) is 0. The molecule has 0 bridgehead atoms. The number of carbonyl (C=O) groups is 2. The number of ether oxygens (including phenoxy) is 1. The second kappa shape index (κ2) is 5.64. The Bertz CT molecular complexity index is 877. The van der Waals surface area contributed by atoms with Gasteiger partial charge in [-0.3, -0.25) is 4.79 Å². The van der Waals surface area contributed by atoms with E-state index < -0.39 is 11.8 Å². The number of hydrogen-bond acceptors (Lipinski definition) is 3. The molecule has 0 fully saturated rings. The molecule has 3 rings (SSSR count). The first-order valence-electron chi connectivity index (χ1n) is 7.39. The highest BCUT2D eigenvalue weighted by Crippen LogP contribution is 2.29. The van der Waals surface area contributed by atoms with Crippen LogP contribution in [-0.2, 0) is 16.1 Å². The number of aryl methyl sites for hydroxylation is 1. The lowest BCUT2D eigenvalue weighted by atomic mass is 10.1. The summed E-state index contributed by atoms with van der Waals surface area (Å²) in [6.45, 7) is 4.81. The fourth-order valence-electron chi connectivity index (χ4n) is 2.85. The van der Waals surface area contributed by atoms with Crippen molar-refractivity contribution >= 4 is 33.6 Å². The quantitative estimate of drug-likeness (QED) is 0.420. The second-order valence-corrected chi connectivity index (χ2v) is 5.04. The lowest BCUT2D eigenvalue weighted by Gasteiger charge is -2.04. The number of hydrogen-bond donors (Lipinski definition) is 0. The van der Waals surface area contributed by atoms with Crippen LogP contribution in [0.1, 0.15) is 24.2 Å². The highest BCUT2D eigenvalue weighted by Gasteiger charge is 2.19. The number of carbonyl (C=O) groups excluding carboxylic acids is 2. The van der Waals surface area contributed by atoms with E-state index >= 15 is 0 Å². The number of nitrogens with zero attached hydrogens (tertiary/aromatic N) is 1. The summed E-state index contributed by atoms with van der Waals surface area (Å²) in [6, 6.07) is 13.4. The normalized spacial score (nSPS) is 11.0. The van der Waals surface area contributed by atoms with Crippen molar-refractivity contribution in [3.05, 3.63) is 48.0 Å². The van der Waals surface area contributed by atoms with E-state index in [1.807, 2.05) is 24.3 Å². The molecule has 0 N–H and O–H groups in total. The summed E-state index contributed by atoms with van der Waals surface area (Å²) in [5.41, 5.74) is 2.55. The van der Waals surface area contributed by atoms with E-state index in [4.69, 9.17) is 4.74 Å². The zero-order valence-electron chi connectivity index (χ0n) is 12.6. The largest absolute Gasteiger partial charge is 0.460 e. The van der Waals surface area contributed by atoms with Crippen molar-refractivity contribution in [3.8, 4) is 0 Å². The van der Waals surface area contributed by atoms with Crippen LogP contribution in [0.5, 0.6) is 0 Å². The minimum absolute atomic E-state index is 0.196. The van der Waals surface area contributed by atoms with Gasteiger partial charge in [0.25, 0.3) is 5.78 Å². The Morgan fingerprint density at radius 1 is 1.00 bits per heavy atom. The molecular weight excluding hydrogens is 278 g/mol. The average Bonchev–Trinajstić information content (AvgIpc) is 2.87. The fraction of sp³-hybridized carbons (Fsp3) is 0.222. The van der Waals surface area contributed by atoms with Crippen molar-refractivity contribution in [1.82, 2.24) is 4.57 Å². The summed E-state index contributed by atoms with van der Waals surface area (Å²) in [5.74, 6) is -1.40. The van der Waals surface area contributed by atoms with Crippen molar-refractivity contribution in [2.24, 2.45) is 0 Å². The van der Waals surface area contributed by atoms with Crippen LogP contribution in [-0.4, -0.2) is 22.9 Å². The molecule has 0 aliphatic heterocycles. The number of benzene rings is 2. The summed E-state index contributed by atoms with van der Waals surface area (Å²) in [5, 5.41) is 2.06. The van der Waals surface area contributed by atoms with Gasteiger partial charge in [0.2, 0.25) is 0 Å². The Balaban J connectivity index is 2.20. The van der Waals surface area contributed by atoms with Gasteiger partial charge in [0.15, 0.2) is 0 Å². The van der Waals surface area contributed by atoms with Crippen molar-refractivity contribution in [2.75, 3.05) is 6.61 Å². The maximum Gasteiger partial charge on any atom is 0.379 e. The van der Waals surface area contributed by atoms with Crippen molar-refractivity contribution < 1.29 is 14.3 Å². The molecule has 0 saturated heterocycles. The molecule has 0 saturated carbocycles. The van der Waals surface area contributed by atoms with Gasteiger partial charge in [-0.1, -0.05) is 18.2 Å². The minimum atomic E-state index is -0.805. The minimum Gasteiger partial charge on any atom is -0.460 e. The molecule has 3 aromatic rings. The molecular formula is C18H17NO3. The highest BCUT2D eigenvalue weighted by atomic mass is 16.5. The van der Waals surface area contributed by atoms with E-state index in [0.29, 0.717) is 5.56 Å². The standard InChI is InChI=1S/C18H17NO3/c1-3-19-15-8-6-5-7-13(15)14-11-12(9-10-16(14)19)17(20)18(21)22-4-2/h5-11H,3-4H2,1-2H3. The Kier molecular flexibility index (Phi) is 3.67. The van der Waals surface area contributed by atoms with Gasteiger partial charge in [0, 0.05) is 33.9 Å². The maximum absolute atomic E-state index is 12.1. The molecule has 0 aliphatic rings. The van der Waals surface area contributed by atoms with Crippen LogP contribution in [0.4, 0.5) is 0 Å². The fourth-order valence-corrected chi connectivity index (χ4v) is 2.85. The summed E-state index contributed by atoms with van der Waals surface area (Å²) < 4.78 is 6.99. The number of rotatable bonds is 4. The summed E-state index contributed by atoms with van der Waals surface area (Å²) in [7, 11) is 0. The zero-order chi connectivity index (χ0) is 15.7. The van der Waals surface area contributed by atoms with Crippen molar-refractivity contribution in [1.29, 1.82) is 0 Å². The predicted octanol–water partition coefficient (Wildman–Crippen LogP) is 3.56. The smallest absolute Gasteiger partial charge is 0.379 e. The van der Waals surface area contributed by atoms with Crippen molar-refractivity contribution in [3.63, 3.8) is 0 Å². The number of aromatic nitrogens is 1. The molecule has 4 heteroatoms. The third-order valence-corrected chi connectivity index (χ3v) is 3.81. The number of esters is 1. The molecule has 0 radical (unpaired) electrons. The van der Waals surface area contributed by atoms with Gasteiger partial charge in [0.05, 0.1) is 6.61 Å². The van der Waals surface area contributed by atoms with E-state index in [1.54, 1.807) is 19.1 Å². The van der Waals surface area contributed by atoms with E-state index in [0.717, 1.165) is 28.4 Å². The Hall–Kier alpha value is -2.62. The molecule has 1 heterocycles. The maximum atomic E-state index is 12.1. The molecule has 22 heavy (non-hydrogen) atoms. The molecule has 0 unspecified atom stereocenters. The predicted molar refractivity (Wildman–Crippen MR) is 86.1 cm³/mol. The van der Waals surface area contributed by atoms with E-state index in [-0.39, 0.29) is 6.61 Å².